The largest absolute Gasteiger partial charge is 0.352 e. The summed E-state index contributed by atoms with van der Waals surface area (Å²) in [6, 6.07) is 12.9. The zero-order valence-corrected chi connectivity index (χ0v) is 21.9. The summed E-state index contributed by atoms with van der Waals surface area (Å²) in [7, 11) is 0. The molecule has 0 saturated heterocycles. The maximum absolute atomic E-state index is 13.2. The molecule has 1 fully saturated rings. The highest BCUT2D eigenvalue weighted by atomic mass is 79.9. The average Bonchev–Trinajstić information content (AvgIpc) is 3.27. The predicted molar refractivity (Wildman–Crippen MR) is 137 cm³/mol. The van der Waals surface area contributed by atoms with Crippen molar-refractivity contribution >= 4 is 62.7 Å². The van der Waals surface area contributed by atoms with Gasteiger partial charge in [0.15, 0.2) is 0 Å². The number of hydrogen-bond acceptors (Lipinski definition) is 3. The Kier molecular flexibility index (Phi) is 9.77. The van der Waals surface area contributed by atoms with Gasteiger partial charge in [-0.15, -0.1) is 11.8 Å². The third-order valence-electron chi connectivity index (χ3n) is 5.67. The first-order valence-corrected chi connectivity index (χ1v) is 13.4. The third-order valence-corrected chi connectivity index (χ3v) is 7.89. The van der Waals surface area contributed by atoms with Crippen LogP contribution in [0.1, 0.15) is 43.7 Å². The van der Waals surface area contributed by atoms with Crippen molar-refractivity contribution in [3.63, 3.8) is 0 Å². The van der Waals surface area contributed by atoms with Gasteiger partial charge in [0.2, 0.25) is 11.8 Å². The SMILES string of the molecule is C[C@H](C(=O)NC1CCCC1)N(Cc1c(Cl)cccc1Cl)C(=O)CSCc1ccc(Br)cc1. The first-order valence-electron chi connectivity index (χ1n) is 10.7. The van der Waals surface area contributed by atoms with Crippen molar-refractivity contribution in [2.75, 3.05) is 5.75 Å². The molecule has 2 aromatic rings. The fraction of sp³-hybridized carbons (Fsp3) is 0.417. The lowest BCUT2D eigenvalue weighted by molar-refractivity contribution is -0.138. The smallest absolute Gasteiger partial charge is 0.242 e. The van der Waals surface area contributed by atoms with E-state index in [-0.39, 0.29) is 30.2 Å². The van der Waals surface area contributed by atoms with E-state index in [1.807, 2.05) is 24.3 Å². The molecule has 8 heteroatoms. The average molecular weight is 558 g/mol. The molecule has 0 aromatic heterocycles. The van der Waals surface area contributed by atoms with Gasteiger partial charge in [-0.3, -0.25) is 9.59 Å². The second kappa shape index (κ2) is 12.3. The van der Waals surface area contributed by atoms with Crippen LogP contribution in [0.2, 0.25) is 10.0 Å². The maximum Gasteiger partial charge on any atom is 0.242 e. The Balaban J connectivity index is 1.70. The quantitative estimate of drug-likeness (QED) is 0.384. The van der Waals surface area contributed by atoms with Crippen LogP contribution in [0.5, 0.6) is 0 Å². The van der Waals surface area contributed by atoms with Crippen LogP contribution in [0.3, 0.4) is 0 Å². The molecule has 4 nitrogen and oxygen atoms in total. The number of benzene rings is 2. The second-order valence-corrected chi connectivity index (χ2v) is 10.7. The van der Waals surface area contributed by atoms with Crippen molar-refractivity contribution < 1.29 is 9.59 Å². The number of carbonyl (C=O) groups is 2. The third kappa shape index (κ3) is 7.14. The van der Waals surface area contributed by atoms with Gasteiger partial charge in [0.25, 0.3) is 0 Å². The van der Waals surface area contributed by atoms with Crippen LogP contribution in [-0.4, -0.2) is 34.6 Å². The standard InChI is InChI=1S/C24H27BrCl2N2O2S/c1-16(24(31)28-19-5-2-3-6-19)29(13-20-21(26)7-4-8-22(20)27)23(30)15-32-14-17-9-11-18(25)12-10-17/h4,7-12,16,19H,2-3,5-6,13-15H2,1H3,(H,28,31)/t16-/m1/s1. The Morgan fingerprint density at radius 1 is 1.12 bits per heavy atom. The molecule has 1 N–H and O–H groups in total. The summed E-state index contributed by atoms with van der Waals surface area (Å²) < 4.78 is 1.02. The fourth-order valence-corrected chi connectivity index (χ4v) is 5.40. The molecule has 2 aromatic carbocycles. The molecule has 1 saturated carbocycles. The van der Waals surface area contributed by atoms with Crippen LogP contribution in [0.25, 0.3) is 0 Å². The Labute approximate surface area is 212 Å². The molecule has 1 aliphatic rings. The highest BCUT2D eigenvalue weighted by molar-refractivity contribution is 9.10. The monoisotopic (exact) mass is 556 g/mol. The van der Waals surface area contributed by atoms with Gasteiger partial charge in [-0.2, -0.15) is 0 Å². The lowest BCUT2D eigenvalue weighted by Crippen LogP contribution is -2.50. The van der Waals surface area contributed by atoms with E-state index in [0.717, 1.165) is 35.7 Å². The molecule has 32 heavy (non-hydrogen) atoms. The topological polar surface area (TPSA) is 49.4 Å². The Morgan fingerprint density at radius 2 is 1.75 bits per heavy atom. The Hall–Kier alpha value is -1.21. The summed E-state index contributed by atoms with van der Waals surface area (Å²) in [4.78, 5) is 27.8. The van der Waals surface area contributed by atoms with Crippen molar-refractivity contribution in [1.82, 2.24) is 10.2 Å². The number of amides is 2. The van der Waals surface area contributed by atoms with Crippen molar-refractivity contribution in [3.05, 3.63) is 68.1 Å². The molecule has 172 valence electrons. The molecule has 1 atom stereocenters. The number of nitrogens with zero attached hydrogens (tertiary/aromatic N) is 1. The van der Waals surface area contributed by atoms with Crippen LogP contribution in [0.15, 0.2) is 46.9 Å². The van der Waals surface area contributed by atoms with E-state index in [1.165, 1.54) is 11.8 Å². The zero-order chi connectivity index (χ0) is 23.1. The number of carbonyl (C=O) groups excluding carboxylic acids is 2. The number of nitrogens with one attached hydrogen (secondary N) is 1. The Morgan fingerprint density at radius 3 is 2.38 bits per heavy atom. The van der Waals surface area contributed by atoms with E-state index in [0.29, 0.717) is 21.4 Å². The van der Waals surface area contributed by atoms with Crippen molar-refractivity contribution in [2.45, 2.75) is 57.0 Å². The summed E-state index contributed by atoms with van der Waals surface area (Å²) in [5.41, 5.74) is 1.79. The maximum atomic E-state index is 13.2. The highest BCUT2D eigenvalue weighted by Gasteiger charge is 2.29. The van der Waals surface area contributed by atoms with Crippen molar-refractivity contribution in [2.24, 2.45) is 0 Å². The minimum absolute atomic E-state index is 0.114. The van der Waals surface area contributed by atoms with Crippen LogP contribution in [-0.2, 0) is 21.9 Å². The molecule has 3 rings (SSSR count). The number of halogens is 3. The molecule has 0 unspecified atom stereocenters. The molecule has 2 amide bonds. The van der Waals surface area contributed by atoms with E-state index in [4.69, 9.17) is 23.2 Å². The van der Waals surface area contributed by atoms with Gasteiger partial charge in [0.1, 0.15) is 6.04 Å². The van der Waals surface area contributed by atoms with E-state index in [1.54, 1.807) is 30.0 Å². The predicted octanol–water partition coefficient (Wildman–Crippen LogP) is 6.47. The van der Waals surface area contributed by atoms with E-state index >= 15 is 0 Å². The molecule has 0 spiro atoms. The van der Waals surface area contributed by atoms with Crippen LogP contribution < -0.4 is 5.32 Å². The minimum atomic E-state index is -0.622. The minimum Gasteiger partial charge on any atom is -0.352 e. The lowest BCUT2D eigenvalue weighted by atomic mass is 10.1. The first-order chi connectivity index (χ1) is 15.3. The Bertz CT molecular complexity index is 916. The van der Waals surface area contributed by atoms with Crippen molar-refractivity contribution in [3.8, 4) is 0 Å². The normalized spacial score (nSPS) is 14.9. The number of thioether (sulfide) groups is 1. The molecule has 0 heterocycles. The second-order valence-electron chi connectivity index (χ2n) is 8.01. The molecular weight excluding hydrogens is 531 g/mol. The summed E-state index contributed by atoms with van der Waals surface area (Å²) >= 11 is 17.7. The molecule has 0 radical (unpaired) electrons. The highest BCUT2D eigenvalue weighted by Crippen LogP contribution is 2.27. The van der Waals surface area contributed by atoms with Crippen LogP contribution in [0.4, 0.5) is 0 Å². The van der Waals surface area contributed by atoms with E-state index in [2.05, 4.69) is 21.2 Å². The number of hydrogen-bond donors (Lipinski definition) is 1. The van der Waals surface area contributed by atoms with Gasteiger partial charge in [-0.1, -0.05) is 70.2 Å². The first kappa shape index (κ1) is 25.4. The number of rotatable bonds is 9. The lowest BCUT2D eigenvalue weighted by Gasteiger charge is -2.30. The summed E-state index contributed by atoms with van der Waals surface area (Å²) in [5.74, 6) is 0.727. The van der Waals surface area contributed by atoms with Crippen LogP contribution >= 0.6 is 50.9 Å². The van der Waals surface area contributed by atoms with Gasteiger partial charge in [-0.05, 0) is 49.6 Å². The zero-order valence-electron chi connectivity index (χ0n) is 18.0. The van der Waals surface area contributed by atoms with Gasteiger partial charge in [0, 0.05) is 38.4 Å². The van der Waals surface area contributed by atoms with Gasteiger partial charge in [0.05, 0.1) is 5.75 Å². The van der Waals surface area contributed by atoms with E-state index < -0.39 is 6.04 Å². The van der Waals surface area contributed by atoms with Crippen LogP contribution in [0, 0.1) is 0 Å². The summed E-state index contributed by atoms with van der Waals surface area (Å²) in [5, 5.41) is 4.08. The summed E-state index contributed by atoms with van der Waals surface area (Å²) in [6.45, 7) is 1.96. The molecular formula is C24H27BrCl2N2O2S. The summed E-state index contributed by atoms with van der Waals surface area (Å²) in [6.07, 6.45) is 4.24. The van der Waals surface area contributed by atoms with Gasteiger partial charge >= 0.3 is 0 Å². The van der Waals surface area contributed by atoms with Gasteiger partial charge in [-0.25, -0.2) is 0 Å². The fourth-order valence-electron chi connectivity index (χ4n) is 3.75. The molecule has 1 aliphatic carbocycles. The molecule has 0 aliphatic heterocycles. The van der Waals surface area contributed by atoms with E-state index in [9.17, 15) is 9.59 Å². The van der Waals surface area contributed by atoms with Crippen molar-refractivity contribution in [1.29, 1.82) is 0 Å². The van der Waals surface area contributed by atoms with Gasteiger partial charge < -0.3 is 10.2 Å². The molecule has 0 bridgehead atoms.